The van der Waals surface area contributed by atoms with Gasteiger partial charge in [-0.1, -0.05) is 12.1 Å². The highest BCUT2D eigenvalue weighted by molar-refractivity contribution is 9.10. The van der Waals surface area contributed by atoms with Crippen molar-refractivity contribution in [2.45, 2.75) is 13.5 Å². The summed E-state index contributed by atoms with van der Waals surface area (Å²) in [5.74, 6) is 0.134. The Hall–Kier alpha value is -3.98. The van der Waals surface area contributed by atoms with E-state index in [-0.39, 0.29) is 5.91 Å². The number of rotatable bonds is 5. The molecule has 33 heavy (non-hydrogen) atoms. The number of carbonyl (C=O) groups excluding carboxylic acids is 2. The van der Waals surface area contributed by atoms with E-state index < -0.39 is 6.09 Å². The molecule has 0 saturated heterocycles. The molecule has 4 rings (SSSR count). The number of nitrogen functional groups attached to an aromatic ring is 1. The maximum atomic E-state index is 12.3. The first kappa shape index (κ1) is 22.2. The zero-order chi connectivity index (χ0) is 23.4. The smallest absolute Gasteiger partial charge is 0.410 e. The van der Waals surface area contributed by atoms with Gasteiger partial charge < -0.3 is 15.8 Å². The van der Waals surface area contributed by atoms with Crippen LogP contribution in [0.3, 0.4) is 0 Å². The molecule has 2 aromatic heterocycles. The molecule has 0 aliphatic rings. The second kappa shape index (κ2) is 9.66. The Bertz CT molecular complexity index is 1340. The third kappa shape index (κ3) is 5.64. The van der Waals surface area contributed by atoms with E-state index in [1.54, 1.807) is 60.8 Å². The second-order valence-electron chi connectivity index (χ2n) is 7.32. The normalized spacial score (nSPS) is 10.6. The SMILES string of the molecule is Cc1cc(N)c2cc(OC(=O)Nc3ccc(CNC(=O)c4cncc(Br)c4)cc3)ccc2n1. The minimum absolute atomic E-state index is 0.226. The number of nitrogens with one attached hydrogen (secondary N) is 2. The summed E-state index contributed by atoms with van der Waals surface area (Å²) in [5.41, 5.74) is 10.1. The fraction of sp³-hybridized carbons (Fsp3) is 0.0833. The van der Waals surface area contributed by atoms with E-state index in [1.165, 1.54) is 6.20 Å². The van der Waals surface area contributed by atoms with Crippen LogP contribution in [0.4, 0.5) is 16.2 Å². The number of anilines is 2. The zero-order valence-corrected chi connectivity index (χ0v) is 19.2. The fourth-order valence-electron chi connectivity index (χ4n) is 3.21. The van der Waals surface area contributed by atoms with Crippen molar-refractivity contribution >= 4 is 50.2 Å². The molecule has 8 nitrogen and oxygen atoms in total. The Morgan fingerprint density at radius 3 is 2.61 bits per heavy atom. The minimum atomic E-state index is -0.629. The zero-order valence-electron chi connectivity index (χ0n) is 17.6. The molecule has 4 N–H and O–H groups in total. The van der Waals surface area contributed by atoms with E-state index in [2.05, 4.69) is 36.5 Å². The second-order valence-corrected chi connectivity index (χ2v) is 8.23. The molecule has 0 saturated carbocycles. The van der Waals surface area contributed by atoms with Crippen molar-refractivity contribution in [2.75, 3.05) is 11.1 Å². The van der Waals surface area contributed by atoms with Crippen LogP contribution in [0.2, 0.25) is 0 Å². The molecule has 0 atom stereocenters. The van der Waals surface area contributed by atoms with Gasteiger partial charge in [0.05, 0.1) is 11.1 Å². The molecule has 0 aliphatic heterocycles. The average Bonchev–Trinajstić information content (AvgIpc) is 2.78. The molecule has 2 heterocycles. The van der Waals surface area contributed by atoms with Crippen LogP contribution >= 0.6 is 15.9 Å². The summed E-state index contributed by atoms with van der Waals surface area (Å²) in [4.78, 5) is 32.9. The van der Waals surface area contributed by atoms with Crippen LogP contribution in [0.25, 0.3) is 10.9 Å². The van der Waals surface area contributed by atoms with Gasteiger partial charge in [0.15, 0.2) is 0 Å². The fourth-order valence-corrected chi connectivity index (χ4v) is 3.57. The summed E-state index contributed by atoms with van der Waals surface area (Å²) < 4.78 is 6.11. The third-order valence-corrected chi connectivity index (χ3v) is 5.20. The van der Waals surface area contributed by atoms with E-state index in [1.807, 2.05) is 6.92 Å². The Kier molecular flexibility index (Phi) is 6.50. The van der Waals surface area contributed by atoms with Crippen molar-refractivity contribution < 1.29 is 14.3 Å². The highest BCUT2D eigenvalue weighted by Gasteiger charge is 2.09. The number of hydrogen-bond acceptors (Lipinski definition) is 6. The molecule has 9 heteroatoms. The summed E-state index contributed by atoms with van der Waals surface area (Å²) in [6.07, 6.45) is 2.48. The lowest BCUT2D eigenvalue weighted by molar-refractivity contribution is 0.0950. The summed E-state index contributed by atoms with van der Waals surface area (Å²) in [6, 6.07) is 15.6. The number of nitrogens with two attached hydrogens (primary N) is 1. The standard InChI is InChI=1S/C24H20BrN5O3/c1-14-8-21(26)20-10-19(6-7-22(20)29-14)33-24(32)30-18-4-2-15(3-5-18)11-28-23(31)16-9-17(25)13-27-12-16/h2-10,12-13H,11H2,1H3,(H2,26,29)(H,28,31)(H,30,32). The highest BCUT2D eigenvalue weighted by Crippen LogP contribution is 2.25. The number of pyridine rings is 2. The van der Waals surface area contributed by atoms with E-state index in [0.717, 1.165) is 26.6 Å². The Balaban J connectivity index is 1.33. The number of amides is 2. The quantitative estimate of drug-likeness (QED) is 0.357. The average molecular weight is 506 g/mol. The van der Waals surface area contributed by atoms with Crippen LogP contribution in [0.15, 0.2) is 71.5 Å². The Labute approximate surface area is 198 Å². The molecule has 4 aromatic rings. The largest absolute Gasteiger partial charge is 0.417 e. The summed E-state index contributed by atoms with van der Waals surface area (Å²) >= 11 is 3.30. The number of carbonyl (C=O) groups is 2. The summed E-state index contributed by atoms with van der Waals surface area (Å²) in [7, 11) is 0. The first-order chi connectivity index (χ1) is 15.9. The first-order valence-electron chi connectivity index (χ1n) is 10.0. The Morgan fingerprint density at radius 1 is 1.06 bits per heavy atom. The number of ether oxygens (including phenoxy) is 1. The van der Waals surface area contributed by atoms with Crippen molar-refractivity contribution in [2.24, 2.45) is 0 Å². The van der Waals surface area contributed by atoms with Crippen molar-refractivity contribution in [1.82, 2.24) is 15.3 Å². The first-order valence-corrected chi connectivity index (χ1v) is 10.8. The number of aromatic nitrogens is 2. The summed E-state index contributed by atoms with van der Waals surface area (Å²) in [5, 5.41) is 6.23. The van der Waals surface area contributed by atoms with Crippen molar-refractivity contribution in [1.29, 1.82) is 0 Å². The molecule has 0 unspecified atom stereocenters. The molecule has 0 bridgehead atoms. The number of fused-ring (bicyclic) bond motifs is 1. The van der Waals surface area contributed by atoms with Crippen molar-refractivity contribution in [3.63, 3.8) is 0 Å². The maximum Gasteiger partial charge on any atom is 0.417 e. The molecular weight excluding hydrogens is 486 g/mol. The number of nitrogens with zero attached hydrogens (tertiary/aromatic N) is 2. The van der Waals surface area contributed by atoms with E-state index in [0.29, 0.717) is 29.2 Å². The van der Waals surface area contributed by atoms with Gasteiger partial charge in [0.1, 0.15) is 5.75 Å². The number of aryl methyl sites for hydroxylation is 1. The van der Waals surface area contributed by atoms with Crippen LogP contribution in [0.1, 0.15) is 21.6 Å². The molecule has 0 aliphatic carbocycles. The van der Waals surface area contributed by atoms with Gasteiger partial charge in [-0.15, -0.1) is 0 Å². The van der Waals surface area contributed by atoms with Gasteiger partial charge in [-0.3, -0.25) is 20.1 Å². The van der Waals surface area contributed by atoms with Gasteiger partial charge in [0.25, 0.3) is 5.91 Å². The van der Waals surface area contributed by atoms with Gasteiger partial charge in [0.2, 0.25) is 0 Å². The number of benzene rings is 2. The monoisotopic (exact) mass is 505 g/mol. The van der Waals surface area contributed by atoms with Gasteiger partial charge in [0, 0.05) is 45.9 Å². The minimum Gasteiger partial charge on any atom is -0.410 e. The topological polar surface area (TPSA) is 119 Å². The van der Waals surface area contributed by atoms with E-state index in [4.69, 9.17) is 10.5 Å². The lowest BCUT2D eigenvalue weighted by Crippen LogP contribution is -2.23. The molecule has 166 valence electrons. The molecule has 0 spiro atoms. The van der Waals surface area contributed by atoms with Crippen molar-refractivity contribution in [3.05, 3.63) is 88.3 Å². The van der Waals surface area contributed by atoms with Gasteiger partial charge in [-0.25, -0.2) is 4.79 Å². The predicted octanol–water partition coefficient (Wildman–Crippen LogP) is 4.82. The molecule has 2 aromatic carbocycles. The predicted molar refractivity (Wildman–Crippen MR) is 130 cm³/mol. The van der Waals surface area contributed by atoms with Crippen LogP contribution in [0, 0.1) is 6.92 Å². The van der Waals surface area contributed by atoms with Crippen molar-refractivity contribution in [3.8, 4) is 5.75 Å². The lowest BCUT2D eigenvalue weighted by Gasteiger charge is -2.10. The van der Waals surface area contributed by atoms with E-state index >= 15 is 0 Å². The van der Waals surface area contributed by atoms with Crippen LogP contribution < -0.4 is 21.1 Å². The van der Waals surface area contributed by atoms with Crippen LogP contribution in [0.5, 0.6) is 5.75 Å². The lowest BCUT2D eigenvalue weighted by atomic mass is 10.1. The van der Waals surface area contributed by atoms with Crippen LogP contribution in [-0.4, -0.2) is 22.0 Å². The number of hydrogen-bond donors (Lipinski definition) is 3. The highest BCUT2D eigenvalue weighted by atomic mass is 79.9. The molecule has 2 amide bonds. The van der Waals surface area contributed by atoms with Crippen LogP contribution in [-0.2, 0) is 6.54 Å². The van der Waals surface area contributed by atoms with E-state index in [9.17, 15) is 9.59 Å². The van der Waals surface area contributed by atoms with Gasteiger partial charge >= 0.3 is 6.09 Å². The maximum absolute atomic E-state index is 12.3. The van der Waals surface area contributed by atoms with Gasteiger partial charge in [-0.2, -0.15) is 0 Å². The molecular formula is C24H20BrN5O3. The third-order valence-electron chi connectivity index (χ3n) is 4.77. The molecule has 0 fully saturated rings. The summed E-state index contributed by atoms with van der Waals surface area (Å²) in [6.45, 7) is 2.20. The molecule has 0 radical (unpaired) electrons. The van der Waals surface area contributed by atoms with Gasteiger partial charge in [-0.05, 0) is 70.9 Å². The Morgan fingerprint density at radius 2 is 1.85 bits per heavy atom. The number of halogens is 1.